The zero-order valence-corrected chi connectivity index (χ0v) is 17.8. The lowest BCUT2D eigenvalue weighted by Crippen LogP contribution is -2.59. The molecule has 0 aliphatic heterocycles. The first-order valence-corrected chi connectivity index (χ1v) is 11.1. The summed E-state index contributed by atoms with van der Waals surface area (Å²) in [6, 6.07) is 15.9. The van der Waals surface area contributed by atoms with Gasteiger partial charge in [-0.15, -0.1) is 0 Å². The molecule has 2 aromatic rings. The average molecular weight is 403 g/mol. The van der Waals surface area contributed by atoms with Gasteiger partial charge in [0.1, 0.15) is 0 Å². The van der Waals surface area contributed by atoms with E-state index in [1.54, 1.807) is 0 Å². The highest BCUT2D eigenvalue weighted by Gasteiger charge is 2.63. The molecule has 0 saturated heterocycles. The summed E-state index contributed by atoms with van der Waals surface area (Å²) in [5.74, 6) is 1.16. The van der Waals surface area contributed by atoms with Crippen molar-refractivity contribution < 1.29 is 9.59 Å². The third kappa shape index (κ3) is 3.13. The highest BCUT2D eigenvalue weighted by molar-refractivity contribution is 6.00. The average Bonchev–Trinajstić information content (AvgIpc) is 2.70. The first kappa shape index (κ1) is 19.3. The van der Waals surface area contributed by atoms with Crippen LogP contribution in [-0.4, -0.2) is 11.8 Å². The summed E-state index contributed by atoms with van der Waals surface area (Å²) in [5.41, 5.74) is 3.07. The topological polar surface area (TPSA) is 58.2 Å². The monoisotopic (exact) mass is 402 g/mol. The minimum absolute atomic E-state index is 0.110. The lowest BCUT2D eigenvalue weighted by Gasteiger charge is -2.60. The van der Waals surface area contributed by atoms with Gasteiger partial charge in [-0.3, -0.25) is 9.59 Å². The van der Waals surface area contributed by atoms with Gasteiger partial charge in [-0.05, 0) is 87.5 Å². The number of hydrogen-bond acceptors (Lipinski definition) is 2. The van der Waals surface area contributed by atoms with Gasteiger partial charge in [-0.2, -0.15) is 0 Å². The molecule has 4 fully saturated rings. The first-order valence-electron chi connectivity index (χ1n) is 11.1. The van der Waals surface area contributed by atoms with Gasteiger partial charge in [0.15, 0.2) is 0 Å². The quantitative estimate of drug-likeness (QED) is 0.713. The predicted molar refractivity (Wildman–Crippen MR) is 119 cm³/mol. The van der Waals surface area contributed by atoms with E-state index in [0.29, 0.717) is 18.3 Å². The van der Waals surface area contributed by atoms with Crippen LogP contribution in [0.3, 0.4) is 0 Å². The van der Waals surface area contributed by atoms with E-state index in [0.717, 1.165) is 48.2 Å². The minimum Gasteiger partial charge on any atom is -0.325 e. The van der Waals surface area contributed by atoms with Crippen molar-refractivity contribution in [3.63, 3.8) is 0 Å². The van der Waals surface area contributed by atoms with Gasteiger partial charge in [0, 0.05) is 11.4 Å². The van der Waals surface area contributed by atoms with Gasteiger partial charge in [0.25, 0.3) is 0 Å². The van der Waals surface area contributed by atoms with Crippen molar-refractivity contribution in [3.05, 3.63) is 59.7 Å². The molecule has 4 aliphatic rings. The summed E-state index contributed by atoms with van der Waals surface area (Å²) in [7, 11) is 0. The number of benzene rings is 2. The van der Waals surface area contributed by atoms with Gasteiger partial charge in [-0.1, -0.05) is 36.4 Å². The Kier molecular flexibility index (Phi) is 4.49. The van der Waals surface area contributed by atoms with E-state index in [-0.39, 0.29) is 11.8 Å². The van der Waals surface area contributed by atoms with E-state index in [1.807, 2.05) is 62.4 Å². The molecule has 2 N–H and O–H groups in total. The van der Waals surface area contributed by atoms with Gasteiger partial charge in [-0.25, -0.2) is 0 Å². The van der Waals surface area contributed by atoms with Crippen molar-refractivity contribution in [2.75, 3.05) is 10.6 Å². The molecule has 0 unspecified atom stereocenters. The highest BCUT2D eigenvalue weighted by Crippen LogP contribution is 2.65. The molecule has 4 saturated carbocycles. The number of para-hydroxylation sites is 2. The number of carbonyl (C=O) groups excluding carboxylic acids is 2. The maximum atomic E-state index is 13.6. The number of anilines is 2. The molecule has 2 amide bonds. The van der Waals surface area contributed by atoms with Gasteiger partial charge < -0.3 is 10.6 Å². The summed E-state index contributed by atoms with van der Waals surface area (Å²) in [6.45, 7) is 4.04. The molecular weight excluding hydrogens is 372 g/mol. The van der Waals surface area contributed by atoms with E-state index >= 15 is 0 Å². The van der Waals surface area contributed by atoms with Gasteiger partial charge in [0.05, 0.1) is 10.8 Å². The standard InChI is InChI=1S/C26H30N2O2/c1-17-7-3-5-9-21(17)27-23(29)25-12-19-11-20(13-25)15-26(14-19,16-25)24(30)28-22-10-6-4-8-18(22)2/h3-10,19-20H,11-16H2,1-2H3,(H,27,29)(H,28,30). The van der Waals surface area contributed by atoms with Crippen LogP contribution in [0.15, 0.2) is 48.5 Å². The van der Waals surface area contributed by atoms with Crippen molar-refractivity contribution in [2.24, 2.45) is 22.7 Å². The fourth-order valence-electron chi connectivity index (χ4n) is 6.73. The van der Waals surface area contributed by atoms with Gasteiger partial charge >= 0.3 is 0 Å². The fourth-order valence-corrected chi connectivity index (χ4v) is 6.73. The lowest BCUT2D eigenvalue weighted by molar-refractivity contribution is -0.161. The molecule has 4 aliphatic carbocycles. The Morgan fingerprint density at radius 2 is 1.13 bits per heavy atom. The van der Waals surface area contributed by atoms with E-state index in [2.05, 4.69) is 10.6 Å². The molecule has 0 radical (unpaired) electrons. The highest BCUT2D eigenvalue weighted by atomic mass is 16.2. The smallest absolute Gasteiger partial charge is 0.230 e. The summed E-state index contributed by atoms with van der Waals surface area (Å²) in [5, 5.41) is 6.42. The van der Waals surface area contributed by atoms with Crippen LogP contribution in [0.2, 0.25) is 0 Å². The predicted octanol–water partition coefficient (Wildman–Crippen LogP) is 5.47. The molecular formula is C26H30N2O2. The third-order valence-electron chi connectivity index (χ3n) is 7.81. The van der Waals surface area contributed by atoms with Crippen molar-refractivity contribution in [1.82, 2.24) is 0 Å². The van der Waals surface area contributed by atoms with Crippen molar-refractivity contribution in [2.45, 2.75) is 52.4 Å². The number of hydrogen-bond donors (Lipinski definition) is 2. The second-order valence-corrected chi connectivity index (χ2v) is 10.1. The van der Waals surface area contributed by atoms with Gasteiger partial charge in [0.2, 0.25) is 11.8 Å². The van der Waals surface area contributed by atoms with E-state index < -0.39 is 10.8 Å². The third-order valence-corrected chi connectivity index (χ3v) is 7.81. The molecule has 30 heavy (non-hydrogen) atoms. The minimum atomic E-state index is -0.421. The zero-order valence-electron chi connectivity index (χ0n) is 17.8. The van der Waals surface area contributed by atoms with Crippen molar-refractivity contribution >= 4 is 23.2 Å². The molecule has 6 rings (SSSR count). The van der Waals surface area contributed by atoms with Crippen LogP contribution in [0.5, 0.6) is 0 Å². The number of aryl methyl sites for hydroxylation is 2. The summed E-state index contributed by atoms with van der Waals surface area (Å²) in [6.07, 6.45) is 5.50. The van der Waals surface area contributed by atoms with Crippen molar-refractivity contribution in [3.8, 4) is 0 Å². The Balaban J connectivity index is 1.42. The number of amides is 2. The molecule has 0 atom stereocenters. The molecule has 0 aromatic heterocycles. The Bertz CT molecular complexity index is 920. The molecule has 156 valence electrons. The maximum absolute atomic E-state index is 13.6. The number of carbonyl (C=O) groups is 2. The zero-order chi connectivity index (χ0) is 20.9. The van der Waals surface area contributed by atoms with E-state index in [9.17, 15) is 9.59 Å². The summed E-state index contributed by atoms with van der Waals surface area (Å²) < 4.78 is 0. The Labute approximate surface area is 178 Å². The molecule has 0 spiro atoms. The summed E-state index contributed by atoms with van der Waals surface area (Å²) in [4.78, 5) is 27.1. The second kappa shape index (κ2) is 6.97. The molecule has 4 heteroatoms. The van der Waals surface area contributed by atoms with Crippen LogP contribution in [0.25, 0.3) is 0 Å². The molecule has 4 nitrogen and oxygen atoms in total. The lowest BCUT2D eigenvalue weighted by atomic mass is 9.43. The van der Waals surface area contributed by atoms with Crippen LogP contribution in [-0.2, 0) is 9.59 Å². The SMILES string of the molecule is Cc1ccccc1NC(=O)C12CC3CC(C1)CC(C(=O)Nc1ccccc1C)(C3)C2. The number of nitrogens with one attached hydrogen (secondary N) is 2. The normalized spacial score (nSPS) is 31.4. The van der Waals surface area contributed by atoms with Crippen molar-refractivity contribution in [1.29, 1.82) is 0 Å². The van der Waals surface area contributed by atoms with Crippen LogP contribution < -0.4 is 10.6 Å². The molecule has 0 heterocycles. The van der Waals surface area contributed by atoms with E-state index in [1.165, 1.54) is 6.42 Å². The number of rotatable bonds is 4. The second-order valence-electron chi connectivity index (χ2n) is 10.1. The Hall–Kier alpha value is -2.62. The van der Waals surface area contributed by atoms with Crippen LogP contribution in [0, 0.1) is 36.5 Å². The molecule has 2 aromatic carbocycles. The Morgan fingerprint density at radius 3 is 1.53 bits per heavy atom. The summed E-state index contributed by atoms with van der Waals surface area (Å²) >= 11 is 0. The van der Waals surface area contributed by atoms with Crippen LogP contribution in [0.1, 0.15) is 49.7 Å². The largest absolute Gasteiger partial charge is 0.325 e. The van der Waals surface area contributed by atoms with E-state index in [4.69, 9.17) is 0 Å². The first-order chi connectivity index (χ1) is 14.4. The molecule has 4 bridgehead atoms. The fraction of sp³-hybridized carbons (Fsp3) is 0.462. The maximum Gasteiger partial charge on any atom is 0.230 e. The van der Waals surface area contributed by atoms with Crippen LogP contribution >= 0.6 is 0 Å². The Morgan fingerprint density at radius 1 is 0.733 bits per heavy atom. The van der Waals surface area contributed by atoms with Crippen LogP contribution in [0.4, 0.5) is 11.4 Å².